The molecule has 0 spiro atoms. The molecule has 0 amide bonds. The summed E-state index contributed by atoms with van der Waals surface area (Å²) in [6.07, 6.45) is 1.90. The van der Waals surface area contributed by atoms with Crippen molar-refractivity contribution in [2.24, 2.45) is 5.73 Å². The summed E-state index contributed by atoms with van der Waals surface area (Å²) in [6, 6.07) is 0.132. The fourth-order valence-corrected chi connectivity index (χ4v) is 3.13. The van der Waals surface area contributed by atoms with Gasteiger partial charge in [0, 0.05) is 17.1 Å². The number of allylic oxidation sites excluding steroid dienone is 1. The van der Waals surface area contributed by atoms with Crippen molar-refractivity contribution in [1.82, 2.24) is 4.90 Å². The molecule has 2 aliphatic heterocycles. The minimum Gasteiger partial charge on any atom is -0.330 e. The highest BCUT2D eigenvalue weighted by Gasteiger charge is 2.43. The lowest BCUT2D eigenvalue weighted by atomic mass is 10.0. The van der Waals surface area contributed by atoms with Gasteiger partial charge in [-0.2, -0.15) is 0 Å². The van der Waals surface area contributed by atoms with Gasteiger partial charge in [-0.15, -0.1) is 11.8 Å². The first-order valence-corrected chi connectivity index (χ1v) is 5.39. The van der Waals surface area contributed by atoms with Gasteiger partial charge in [-0.1, -0.05) is 13.2 Å². The molecule has 0 saturated carbocycles. The maximum atomic E-state index is 5.92. The maximum absolute atomic E-state index is 5.92. The average molecular weight is 194 g/mol. The monoisotopic (exact) mass is 194 g/mol. The highest BCUT2D eigenvalue weighted by molar-refractivity contribution is 8.00. The molecule has 70 valence electrons. The van der Waals surface area contributed by atoms with E-state index in [-0.39, 0.29) is 6.04 Å². The molecule has 2 N–H and O–H groups in total. The molecule has 2 nitrogen and oxygen atoms in total. The molecule has 2 atom stereocenters. The van der Waals surface area contributed by atoms with E-state index < -0.39 is 0 Å². The van der Waals surface area contributed by atoms with Gasteiger partial charge in [0.1, 0.15) is 5.37 Å². The minimum absolute atomic E-state index is 0.132. The summed E-state index contributed by atoms with van der Waals surface area (Å²) in [5.41, 5.74) is 9.51. The average Bonchev–Trinajstić information content (AvgIpc) is 2.16. The van der Waals surface area contributed by atoms with Gasteiger partial charge in [0.2, 0.25) is 0 Å². The number of hydrogen-bond acceptors (Lipinski definition) is 3. The van der Waals surface area contributed by atoms with Crippen LogP contribution in [-0.2, 0) is 0 Å². The second-order valence-electron chi connectivity index (χ2n) is 3.46. The summed E-state index contributed by atoms with van der Waals surface area (Å²) in [6.45, 7) is 9.92. The largest absolute Gasteiger partial charge is 0.330 e. The zero-order valence-corrected chi connectivity index (χ0v) is 8.60. The molecule has 2 heterocycles. The third kappa shape index (κ3) is 1.07. The second-order valence-corrected chi connectivity index (χ2v) is 4.56. The molecule has 0 radical (unpaired) electrons. The van der Waals surface area contributed by atoms with E-state index in [4.69, 9.17) is 5.73 Å². The predicted molar refractivity (Wildman–Crippen MR) is 58.1 cm³/mol. The molecule has 3 heteroatoms. The number of thioether (sulfide) groups is 1. The van der Waals surface area contributed by atoms with Crippen LogP contribution in [0.2, 0.25) is 0 Å². The Balaban J connectivity index is 2.34. The quantitative estimate of drug-likeness (QED) is 0.688. The topological polar surface area (TPSA) is 29.3 Å². The van der Waals surface area contributed by atoms with E-state index in [0.717, 1.165) is 11.4 Å². The molecule has 0 bridgehead atoms. The Bertz CT molecular complexity index is 306. The van der Waals surface area contributed by atoms with Gasteiger partial charge in [0.05, 0.1) is 6.04 Å². The van der Waals surface area contributed by atoms with Crippen LogP contribution in [0.1, 0.15) is 6.92 Å². The lowest BCUT2D eigenvalue weighted by Crippen LogP contribution is -2.60. The Morgan fingerprint density at radius 3 is 3.00 bits per heavy atom. The van der Waals surface area contributed by atoms with Crippen LogP contribution in [0.4, 0.5) is 0 Å². The van der Waals surface area contributed by atoms with Crippen LogP contribution >= 0.6 is 11.8 Å². The Morgan fingerprint density at radius 1 is 1.69 bits per heavy atom. The summed E-state index contributed by atoms with van der Waals surface area (Å²) in [7, 11) is 0. The van der Waals surface area contributed by atoms with Crippen LogP contribution in [0.3, 0.4) is 0 Å². The van der Waals surface area contributed by atoms with E-state index in [1.165, 1.54) is 11.3 Å². The Labute approximate surface area is 83.2 Å². The molecule has 0 aromatic heterocycles. The summed E-state index contributed by atoms with van der Waals surface area (Å²) in [5.74, 6) is 1.06. The Morgan fingerprint density at radius 2 is 2.38 bits per heavy atom. The van der Waals surface area contributed by atoms with Crippen molar-refractivity contribution >= 4 is 11.8 Å². The van der Waals surface area contributed by atoms with Crippen molar-refractivity contribution in [2.45, 2.75) is 18.3 Å². The highest BCUT2D eigenvalue weighted by Crippen LogP contribution is 2.43. The van der Waals surface area contributed by atoms with Gasteiger partial charge >= 0.3 is 0 Å². The van der Waals surface area contributed by atoms with E-state index in [1.54, 1.807) is 0 Å². The molecular formula is C10H14N2S. The third-order valence-corrected chi connectivity index (χ3v) is 4.06. The molecular weight excluding hydrogens is 180 g/mol. The van der Waals surface area contributed by atoms with Crippen LogP contribution in [-0.4, -0.2) is 22.1 Å². The van der Waals surface area contributed by atoms with Crippen molar-refractivity contribution in [3.05, 3.63) is 36.2 Å². The molecule has 1 saturated heterocycles. The molecule has 0 aromatic carbocycles. The van der Waals surface area contributed by atoms with Gasteiger partial charge in [0.15, 0.2) is 0 Å². The standard InChI is InChI=1S/C10H14N2S/c1-4-8-6(2)5-13-10-9(11)7(3)12(8)10/h4,9-10H,1,3,5,11H2,2H3. The van der Waals surface area contributed by atoms with Crippen molar-refractivity contribution in [3.8, 4) is 0 Å². The minimum atomic E-state index is 0.132. The third-order valence-electron chi connectivity index (χ3n) is 2.62. The number of nitrogens with two attached hydrogens (primary N) is 1. The van der Waals surface area contributed by atoms with Gasteiger partial charge in [-0.05, 0) is 18.6 Å². The molecule has 0 aliphatic carbocycles. The SMILES string of the molecule is C=CC1=C(C)CSC2C(N)C(=C)N12. The predicted octanol–water partition coefficient (Wildman–Crippen LogP) is 1.68. The van der Waals surface area contributed by atoms with E-state index in [2.05, 4.69) is 25.0 Å². The molecule has 1 fully saturated rings. The van der Waals surface area contributed by atoms with Gasteiger partial charge in [-0.3, -0.25) is 0 Å². The highest BCUT2D eigenvalue weighted by atomic mass is 32.2. The van der Waals surface area contributed by atoms with Crippen LogP contribution in [0.5, 0.6) is 0 Å². The summed E-state index contributed by atoms with van der Waals surface area (Å²) in [5, 5.41) is 0.393. The lowest BCUT2D eigenvalue weighted by Gasteiger charge is -2.52. The Kier molecular flexibility index (Phi) is 2.00. The van der Waals surface area contributed by atoms with Crippen LogP contribution in [0.25, 0.3) is 0 Å². The van der Waals surface area contributed by atoms with Crippen molar-refractivity contribution in [1.29, 1.82) is 0 Å². The number of nitrogens with zero attached hydrogens (tertiary/aromatic N) is 1. The van der Waals surface area contributed by atoms with Gasteiger partial charge in [0.25, 0.3) is 0 Å². The molecule has 0 aromatic rings. The van der Waals surface area contributed by atoms with Crippen LogP contribution < -0.4 is 5.73 Å². The fourth-order valence-electron chi connectivity index (χ4n) is 1.80. The first kappa shape index (κ1) is 8.91. The zero-order valence-electron chi connectivity index (χ0n) is 7.79. The Hall–Kier alpha value is -0.670. The van der Waals surface area contributed by atoms with Crippen molar-refractivity contribution in [3.63, 3.8) is 0 Å². The summed E-state index contributed by atoms with van der Waals surface area (Å²) >= 11 is 1.89. The first-order valence-electron chi connectivity index (χ1n) is 4.34. The normalized spacial score (nSPS) is 32.8. The maximum Gasteiger partial charge on any atom is 0.101 e. The molecule has 13 heavy (non-hydrogen) atoms. The van der Waals surface area contributed by atoms with E-state index in [9.17, 15) is 0 Å². The first-order chi connectivity index (χ1) is 6.16. The second kappa shape index (κ2) is 2.93. The molecule has 2 aliphatic rings. The molecule has 2 rings (SSSR count). The van der Waals surface area contributed by atoms with Gasteiger partial charge in [-0.25, -0.2) is 0 Å². The number of hydrogen-bond donors (Lipinski definition) is 1. The van der Waals surface area contributed by atoms with E-state index in [1.807, 2.05) is 17.8 Å². The van der Waals surface area contributed by atoms with Gasteiger partial charge < -0.3 is 10.6 Å². The smallest absolute Gasteiger partial charge is 0.101 e. The zero-order chi connectivity index (χ0) is 9.59. The fraction of sp³-hybridized carbons (Fsp3) is 0.400. The number of fused-ring (bicyclic) bond motifs is 1. The van der Waals surface area contributed by atoms with Crippen molar-refractivity contribution < 1.29 is 0 Å². The summed E-state index contributed by atoms with van der Waals surface area (Å²) in [4.78, 5) is 2.20. The number of rotatable bonds is 1. The molecule has 2 unspecified atom stereocenters. The lowest BCUT2D eigenvalue weighted by molar-refractivity contribution is 0.255. The summed E-state index contributed by atoms with van der Waals surface area (Å²) < 4.78 is 0. The van der Waals surface area contributed by atoms with Crippen molar-refractivity contribution in [2.75, 3.05) is 5.75 Å². The van der Waals surface area contributed by atoms with E-state index >= 15 is 0 Å². The van der Waals surface area contributed by atoms with Crippen LogP contribution in [0.15, 0.2) is 36.2 Å². The van der Waals surface area contributed by atoms with E-state index in [0.29, 0.717) is 5.37 Å². The van der Waals surface area contributed by atoms with Crippen LogP contribution in [0, 0.1) is 0 Å².